The van der Waals surface area contributed by atoms with Crippen LogP contribution in [0.1, 0.15) is 37.5 Å². The molecule has 0 aromatic heterocycles. The van der Waals surface area contributed by atoms with Crippen molar-refractivity contribution in [1.82, 2.24) is 0 Å². The Kier molecular flexibility index (Phi) is 7.00. The molecular formula is C24H28O3. The zero-order valence-corrected chi connectivity index (χ0v) is 17.1. The highest BCUT2D eigenvalue weighted by Crippen LogP contribution is 2.32. The maximum Gasteiger partial charge on any atom is 0.330 e. The molecule has 0 amide bonds. The Bertz CT molecular complexity index is 930. The van der Waals surface area contributed by atoms with E-state index in [1.807, 2.05) is 19.1 Å². The van der Waals surface area contributed by atoms with Crippen molar-refractivity contribution in [3.05, 3.63) is 70.8 Å². The van der Waals surface area contributed by atoms with Gasteiger partial charge in [-0.25, -0.2) is 4.79 Å². The van der Waals surface area contributed by atoms with Gasteiger partial charge in [0, 0.05) is 6.08 Å². The number of carbonyl (C=O) groups excluding carboxylic acids is 1. The van der Waals surface area contributed by atoms with Crippen LogP contribution in [0, 0.1) is 13.8 Å². The third kappa shape index (κ3) is 5.10. The molecule has 0 unspecified atom stereocenters. The fraction of sp³-hybridized carbons (Fsp3) is 0.292. The first-order valence-corrected chi connectivity index (χ1v) is 9.15. The van der Waals surface area contributed by atoms with Gasteiger partial charge in [0.25, 0.3) is 0 Å². The van der Waals surface area contributed by atoms with Gasteiger partial charge in [-0.1, -0.05) is 30.4 Å². The molecule has 2 aromatic rings. The number of fused-ring (bicyclic) bond motifs is 1. The van der Waals surface area contributed by atoms with Gasteiger partial charge >= 0.3 is 5.97 Å². The van der Waals surface area contributed by atoms with Crippen LogP contribution in [-0.2, 0) is 9.53 Å². The molecule has 27 heavy (non-hydrogen) atoms. The third-order valence-electron chi connectivity index (χ3n) is 4.58. The first-order valence-electron chi connectivity index (χ1n) is 9.15. The van der Waals surface area contributed by atoms with Gasteiger partial charge in [0.05, 0.1) is 13.7 Å². The van der Waals surface area contributed by atoms with Crippen LogP contribution in [0.4, 0.5) is 0 Å². The van der Waals surface area contributed by atoms with E-state index in [1.54, 1.807) is 14.0 Å². The smallest absolute Gasteiger partial charge is 0.330 e. The van der Waals surface area contributed by atoms with E-state index < -0.39 is 0 Å². The monoisotopic (exact) mass is 364 g/mol. The summed E-state index contributed by atoms with van der Waals surface area (Å²) in [4.78, 5) is 11.4. The van der Waals surface area contributed by atoms with E-state index in [9.17, 15) is 4.79 Å². The van der Waals surface area contributed by atoms with Crippen molar-refractivity contribution < 1.29 is 14.3 Å². The molecule has 2 rings (SSSR count). The Morgan fingerprint density at radius 1 is 1.11 bits per heavy atom. The minimum Gasteiger partial charge on any atom is -0.496 e. The molecule has 0 spiro atoms. The Labute approximate surface area is 162 Å². The lowest BCUT2D eigenvalue weighted by Gasteiger charge is -2.12. The molecule has 2 aromatic carbocycles. The Morgan fingerprint density at radius 2 is 1.85 bits per heavy atom. The zero-order chi connectivity index (χ0) is 20.0. The highest BCUT2D eigenvalue weighted by Gasteiger charge is 2.08. The van der Waals surface area contributed by atoms with Crippen LogP contribution >= 0.6 is 0 Å². The van der Waals surface area contributed by atoms with Crippen molar-refractivity contribution in [3.63, 3.8) is 0 Å². The zero-order valence-electron chi connectivity index (χ0n) is 17.1. The molecule has 0 saturated carbocycles. The van der Waals surface area contributed by atoms with Gasteiger partial charge in [0.2, 0.25) is 0 Å². The predicted molar refractivity (Wildman–Crippen MR) is 113 cm³/mol. The molecule has 3 nitrogen and oxygen atoms in total. The normalized spacial score (nSPS) is 12.7. The van der Waals surface area contributed by atoms with Gasteiger partial charge in [0.1, 0.15) is 5.75 Å². The molecule has 0 saturated heterocycles. The minimum atomic E-state index is -0.309. The number of rotatable bonds is 6. The standard InChI is InChI=1S/C24H28O3/c1-7-27-24(25)13-16(2)9-8-10-17(3)20-11-12-21-19(5)23(26-6)14-18(4)22(21)15-20/h8-15H,7H2,1-6H3/b9-8+,16-13+,17-10+. The van der Waals surface area contributed by atoms with Crippen molar-refractivity contribution in [3.8, 4) is 5.75 Å². The summed E-state index contributed by atoms with van der Waals surface area (Å²) in [5, 5.41) is 2.45. The van der Waals surface area contributed by atoms with Crippen LogP contribution < -0.4 is 4.74 Å². The molecule has 0 aliphatic heterocycles. The summed E-state index contributed by atoms with van der Waals surface area (Å²) in [6.07, 6.45) is 7.41. The quantitative estimate of drug-likeness (QED) is 0.362. The lowest BCUT2D eigenvalue weighted by Crippen LogP contribution is -1.99. The molecule has 142 valence electrons. The first-order chi connectivity index (χ1) is 12.9. The Hall–Kier alpha value is -2.81. The SMILES string of the molecule is CCOC(=O)/C=C(C)/C=C/C=C(\C)c1ccc2c(C)c(OC)cc(C)c2c1. The highest BCUT2D eigenvalue weighted by molar-refractivity contribution is 5.92. The third-order valence-corrected chi connectivity index (χ3v) is 4.58. The van der Waals surface area contributed by atoms with E-state index in [2.05, 4.69) is 51.1 Å². The molecule has 0 heterocycles. The van der Waals surface area contributed by atoms with E-state index in [1.165, 1.54) is 28.0 Å². The van der Waals surface area contributed by atoms with Crippen molar-refractivity contribution >= 4 is 22.3 Å². The van der Waals surface area contributed by atoms with Gasteiger partial charge in [-0.2, -0.15) is 0 Å². The second-order valence-corrected chi connectivity index (χ2v) is 6.63. The van der Waals surface area contributed by atoms with E-state index in [0.29, 0.717) is 6.61 Å². The predicted octanol–water partition coefficient (Wildman–Crippen LogP) is 5.93. The average Bonchev–Trinajstić information content (AvgIpc) is 2.64. The maximum atomic E-state index is 11.4. The number of allylic oxidation sites excluding steroid dienone is 5. The highest BCUT2D eigenvalue weighted by atomic mass is 16.5. The molecule has 0 N–H and O–H groups in total. The van der Waals surface area contributed by atoms with Crippen LogP contribution in [0.15, 0.2) is 54.1 Å². The van der Waals surface area contributed by atoms with Crippen LogP contribution in [-0.4, -0.2) is 19.7 Å². The lowest BCUT2D eigenvalue weighted by atomic mass is 9.96. The van der Waals surface area contributed by atoms with Crippen molar-refractivity contribution in [2.45, 2.75) is 34.6 Å². The molecule has 0 bridgehead atoms. The number of benzene rings is 2. The number of aryl methyl sites for hydroxylation is 2. The second-order valence-electron chi connectivity index (χ2n) is 6.63. The number of ether oxygens (including phenoxy) is 2. The fourth-order valence-electron chi connectivity index (χ4n) is 3.03. The molecule has 0 radical (unpaired) electrons. The molecular weight excluding hydrogens is 336 g/mol. The topological polar surface area (TPSA) is 35.5 Å². The number of methoxy groups -OCH3 is 1. The molecule has 0 atom stereocenters. The van der Waals surface area contributed by atoms with Gasteiger partial charge < -0.3 is 9.47 Å². The van der Waals surface area contributed by atoms with Crippen LogP contribution in [0.2, 0.25) is 0 Å². The summed E-state index contributed by atoms with van der Waals surface area (Å²) in [6, 6.07) is 8.60. The van der Waals surface area contributed by atoms with Gasteiger partial charge in [0.15, 0.2) is 0 Å². The number of hydrogen-bond acceptors (Lipinski definition) is 3. The molecule has 0 aliphatic carbocycles. The molecule has 0 aliphatic rings. The molecule has 3 heteroatoms. The van der Waals surface area contributed by atoms with Crippen molar-refractivity contribution in [1.29, 1.82) is 0 Å². The fourth-order valence-corrected chi connectivity index (χ4v) is 3.03. The largest absolute Gasteiger partial charge is 0.496 e. The number of hydrogen-bond donors (Lipinski definition) is 0. The van der Waals surface area contributed by atoms with Gasteiger partial charge in [-0.15, -0.1) is 0 Å². The molecule has 0 fully saturated rings. The lowest BCUT2D eigenvalue weighted by molar-refractivity contribution is -0.137. The van der Waals surface area contributed by atoms with E-state index in [4.69, 9.17) is 9.47 Å². The summed E-state index contributed by atoms with van der Waals surface area (Å²) in [5.41, 5.74) is 5.54. The second kappa shape index (κ2) is 9.22. The van der Waals surface area contributed by atoms with Crippen LogP contribution in [0.5, 0.6) is 5.75 Å². The van der Waals surface area contributed by atoms with Crippen LogP contribution in [0.3, 0.4) is 0 Å². The summed E-state index contributed by atoms with van der Waals surface area (Å²) >= 11 is 0. The van der Waals surface area contributed by atoms with Crippen LogP contribution in [0.25, 0.3) is 16.3 Å². The average molecular weight is 364 g/mol. The van der Waals surface area contributed by atoms with Crippen molar-refractivity contribution in [2.24, 2.45) is 0 Å². The van der Waals surface area contributed by atoms with Gasteiger partial charge in [-0.05, 0) is 85.4 Å². The Balaban J connectivity index is 2.28. The van der Waals surface area contributed by atoms with Gasteiger partial charge in [-0.3, -0.25) is 0 Å². The number of esters is 1. The van der Waals surface area contributed by atoms with E-state index in [-0.39, 0.29) is 5.97 Å². The van der Waals surface area contributed by atoms with E-state index >= 15 is 0 Å². The first kappa shape index (κ1) is 20.5. The summed E-state index contributed by atoms with van der Waals surface area (Å²) in [7, 11) is 1.71. The minimum absolute atomic E-state index is 0.309. The summed E-state index contributed by atoms with van der Waals surface area (Å²) in [6.45, 7) is 10.3. The summed E-state index contributed by atoms with van der Waals surface area (Å²) in [5.74, 6) is 0.614. The Morgan fingerprint density at radius 3 is 2.52 bits per heavy atom. The number of carbonyl (C=O) groups is 1. The maximum absolute atomic E-state index is 11.4. The van der Waals surface area contributed by atoms with Crippen molar-refractivity contribution in [2.75, 3.05) is 13.7 Å². The summed E-state index contributed by atoms with van der Waals surface area (Å²) < 4.78 is 10.4. The van der Waals surface area contributed by atoms with E-state index in [0.717, 1.165) is 22.5 Å².